The third-order valence-corrected chi connectivity index (χ3v) is 4.49. The zero-order valence-electron chi connectivity index (χ0n) is 13.6. The number of rotatable bonds is 4. The van der Waals surface area contributed by atoms with Gasteiger partial charge in [0.1, 0.15) is 5.82 Å². The van der Waals surface area contributed by atoms with Crippen LogP contribution in [0.3, 0.4) is 0 Å². The lowest BCUT2D eigenvalue weighted by molar-refractivity contribution is 0.0715. The zero-order chi connectivity index (χ0) is 17.2. The molecule has 0 saturated carbocycles. The predicted octanol–water partition coefficient (Wildman–Crippen LogP) is 2.51. The highest BCUT2D eigenvalue weighted by atomic mass is 19.1. The van der Waals surface area contributed by atoms with Gasteiger partial charge in [-0.15, -0.1) is 0 Å². The Morgan fingerprint density at radius 1 is 1.20 bits per heavy atom. The van der Waals surface area contributed by atoms with Gasteiger partial charge >= 0.3 is 0 Å². The lowest BCUT2D eigenvalue weighted by atomic mass is 10.2. The summed E-state index contributed by atoms with van der Waals surface area (Å²) in [5, 5.41) is 8.59. The van der Waals surface area contributed by atoms with E-state index in [9.17, 15) is 9.18 Å². The SMILES string of the molecule is O=C(c1ccn(-c2ccc(F)cc2)n1)N1CCC[C@@H]1Cn1cccn1. The molecule has 1 aliphatic heterocycles. The zero-order valence-corrected chi connectivity index (χ0v) is 13.6. The van der Waals surface area contributed by atoms with Crippen molar-refractivity contribution in [2.45, 2.75) is 25.4 Å². The van der Waals surface area contributed by atoms with Crippen molar-refractivity contribution >= 4 is 5.91 Å². The highest BCUT2D eigenvalue weighted by molar-refractivity contribution is 5.92. The number of hydrogen-bond acceptors (Lipinski definition) is 3. The Bertz CT molecular complexity index is 856. The molecule has 1 fully saturated rings. The standard InChI is InChI=1S/C18H18FN5O/c19-14-4-6-15(7-5-14)24-12-8-17(21-24)18(25)23-11-1-3-16(23)13-22-10-2-9-20-22/h2,4-10,12,16H,1,3,11,13H2/t16-/m1/s1. The molecule has 1 aliphatic rings. The van der Waals surface area contributed by atoms with Gasteiger partial charge < -0.3 is 4.90 Å². The summed E-state index contributed by atoms with van der Waals surface area (Å²) in [5.74, 6) is -0.374. The minimum Gasteiger partial charge on any atom is -0.332 e. The van der Waals surface area contributed by atoms with Crippen molar-refractivity contribution in [2.75, 3.05) is 6.54 Å². The fourth-order valence-corrected chi connectivity index (χ4v) is 3.24. The highest BCUT2D eigenvalue weighted by Crippen LogP contribution is 2.21. The van der Waals surface area contributed by atoms with Crippen LogP contribution in [0.4, 0.5) is 4.39 Å². The summed E-state index contributed by atoms with van der Waals surface area (Å²) in [6, 6.07) is 9.72. The van der Waals surface area contributed by atoms with Crippen molar-refractivity contribution in [3.05, 3.63) is 66.5 Å². The fourth-order valence-electron chi connectivity index (χ4n) is 3.24. The molecule has 128 valence electrons. The second-order valence-electron chi connectivity index (χ2n) is 6.14. The van der Waals surface area contributed by atoms with E-state index >= 15 is 0 Å². The van der Waals surface area contributed by atoms with Crippen LogP contribution in [0.2, 0.25) is 0 Å². The molecule has 0 radical (unpaired) electrons. The third-order valence-electron chi connectivity index (χ3n) is 4.49. The molecule has 3 heterocycles. The van der Waals surface area contributed by atoms with E-state index < -0.39 is 0 Å². The molecule has 0 unspecified atom stereocenters. The summed E-state index contributed by atoms with van der Waals surface area (Å²) >= 11 is 0. The van der Waals surface area contributed by atoms with Crippen molar-refractivity contribution < 1.29 is 9.18 Å². The molecule has 1 amide bonds. The van der Waals surface area contributed by atoms with E-state index in [2.05, 4.69) is 10.2 Å². The first-order valence-corrected chi connectivity index (χ1v) is 8.31. The first kappa shape index (κ1) is 15.6. The monoisotopic (exact) mass is 339 g/mol. The highest BCUT2D eigenvalue weighted by Gasteiger charge is 2.30. The first-order chi connectivity index (χ1) is 12.2. The van der Waals surface area contributed by atoms with Gasteiger partial charge in [0.05, 0.1) is 18.3 Å². The van der Waals surface area contributed by atoms with Crippen molar-refractivity contribution in [2.24, 2.45) is 0 Å². The molecule has 0 bridgehead atoms. The molecule has 1 aromatic carbocycles. The Morgan fingerprint density at radius 2 is 2.04 bits per heavy atom. The summed E-state index contributed by atoms with van der Waals surface area (Å²) in [6.45, 7) is 1.42. The van der Waals surface area contributed by atoms with Crippen molar-refractivity contribution in [1.29, 1.82) is 0 Å². The maximum Gasteiger partial charge on any atom is 0.274 e. The Hall–Kier alpha value is -2.96. The number of aromatic nitrogens is 4. The Labute approximate surface area is 144 Å². The van der Waals surface area contributed by atoms with Gasteiger partial charge in [0, 0.05) is 25.1 Å². The normalized spacial score (nSPS) is 17.2. The minimum absolute atomic E-state index is 0.0736. The van der Waals surface area contributed by atoms with Crippen molar-refractivity contribution in [3.63, 3.8) is 0 Å². The maximum absolute atomic E-state index is 13.0. The van der Waals surface area contributed by atoms with Gasteiger partial charge in [0.2, 0.25) is 0 Å². The van der Waals surface area contributed by atoms with Gasteiger partial charge in [0.15, 0.2) is 5.69 Å². The van der Waals surface area contributed by atoms with E-state index in [1.807, 2.05) is 21.8 Å². The lowest BCUT2D eigenvalue weighted by Crippen LogP contribution is -2.38. The van der Waals surface area contributed by atoms with Gasteiger partial charge in [-0.2, -0.15) is 10.2 Å². The van der Waals surface area contributed by atoms with E-state index in [0.29, 0.717) is 12.2 Å². The Morgan fingerprint density at radius 3 is 2.80 bits per heavy atom. The van der Waals surface area contributed by atoms with Crippen molar-refractivity contribution in [3.8, 4) is 5.69 Å². The van der Waals surface area contributed by atoms with Crippen LogP contribution in [0.15, 0.2) is 55.0 Å². The molecule has 4 rings (SSSR count). The largest absolute Gasteiger partial charge is 0.332 e. The topological polar surface area (TPSA) is 56.0 Å². The summed E-state index contributed by atoms with van der Waals surface area (Å²) < 4.78 is 16.5. The van der Waals surface area contributed by atoms with E-state index in [1.165, 1.54) is 12.1 Å². The molecule has 25 heavy (non-hydrogen) atoms. The van der Waals surface area contributed by atoms with Gasteiger partial charge in [-0.05, 0) is 49.2 Å². The van der Waals surface area contributed by atoms with Crippen LogP contribution in [0, 0.1) is 5.82 Å². The third kappa shape index (κ3) is 3.17. The van der Waals surface area contributed by atoms with Gasteiger partial charge in [-0.25, -0.2) is 9.07 Å². The van der Waals surface area contributed by atoms with Crippen LogP contribution in [-0.4, -0.2) is 43.0 Å². The molecule has 1 saturated heterocycles. The number of amides is 1. The number of likely N-dealkylation sites (tertiary alicyclic amines) is 1. The maximum atomic E-state index is 13.0. The van der Waals surface area contributed by atoms with Crippen LogP contribution in [0.25, 0.3) is 5.69 Å². The number of hydrogen-bond donors (Lipinski definition) is 0. The average Bonchev–Trinajstić information content (AvgIpc) is 3.37. The summed E-state index contributed by atoms with van der Waals surface area (Å²) in [5.41, 5.74) is 1.12. The Kier molecular flexibility index (Phi) is 4.05. The molecule has 6 nitrogen and oxygen atoms in total. The summed E-state index contributed by atoms with van der Waals surface area (Å²) in [6.07, 6.45) is 7.31. The first-order valence-electron chi connectivity index (χ1n) is 8.31. The average molecular weight is 339 g/mol. The van der Waals surface area contributed by atoms with Crippen LogP contribution in [-0.2, 0) is 6.54 Å². The smallest absolute Gasteiger partial charge is 0.274 e. The fraction of sp³-hybridized carbons (Fsp3) is 0.278. The molecule has 0 spiro atoms. The molecule has 0 N–H and O–H groups in total. The Balaban J connectivity index is 1.51. The van der Waals surface area contributed by atoms with Crippen LogP contribution in [0.1, 0.15) is 23.3 Å². The van der Waals surface area contributed by atoms with E-state index in [0.717, 1.165) is 25.1 Å². The number of benzene rings is 1. The second-order valence-corrected chi connectivity index (χ2v) is 6.14. The minimum atomic E-state index is -0.300. The van der Waals surface area contributed by atoms with E-state index in [-0.39, 0.29) is 17.8 Å². The lowest BCUT2D eigenvalue weighted by Gasteiger charge is -2.23. The van der Waals surface area contributed by atoms with Crippen molar-refractivity contribution in [1.82, 2.24) is 24.5 Å². The van der Waals surface area contributed by atoms with Gasteiger partial charge in [0.25, 0.3) is 5.91 Å². The molecular weight excluding hydrogens is 321 g/mol. The summed E-state index contributed by atoms with van der Waals surface area (Å²) in [4.78, 5) is 14.7. The molecule has 1 atom stereocenters. The quantitative estimate of drug-likeness (QED) is 0.734. The van der Waals surface area contributed by atoms with Crippen LogP contribution in [0.5, 0.6) is 0 Å². The number of carbonyl (C=O) groups is 1. The predicted molar refractivity (Wildman–Crippen MR) is 89.8 cm³/mol. The molecule has 2 aromatic heterocycles. The van der Waals surface area contributed by atoms with Crippen LogP contribution >= 0.6 is 0 Å². The second kappa shape index (κ2) is 6.51. The van der Waals surface area contributed by atoms with Gasteiger partial charge in [-0.1, -0.05) is 0 Å². The molecule has 0 aliphatic carbocycles. The summed E-state index contributed by atoms with van der Waals surface area (Å²) in [7, 11) is 0. The molecule has 3 aromatic rings. The van der Waals surface area contributed by atoms with Gasteiger partial charge in [-0.3, -0.25) is 9.48 Å². The number of nitrogens with zero attached hydrogens (tertiary/aromatic N) is 5. The van der Waals surface area contributed by atoms with E-state index in [1.54, 1.807) is 35.3 Å². The van der Waals surface area contributed by atoms with Crippen LogP contribution < -0.4 is 0 Å². The number of carbonyl (C=O) groups excluding carboxylic acids is 1. The molecule has 7 heteroatoms. The van der Waals surface area contributed by atoms with E-state index in [4.69, 9.17) is 0 Å². The number of halogens is 1. The molecular formula is C18H18FN5O.